The maximum Gasteiger partial charge on any atom is 0.307 e. The van der Waals surface area contributed by atoms with Crippen molar-refractivity contribution >= 4 is 39.1 Å². The molecule has 1 atom stereocenters. The van der Waals surface area contributed by atoms with Gasteiger partial charge in [0.2, 0.25) is 0 Å². The molecule has 0 bridgehead atoms. The van der Waals surface area contributed by atoms with Gasteiger partial charge in [-0.25, -0.2) is 4.39 Å². The lowest BCUT2D eigenvalue weighted by atomic mass is 9.92. The van der Waals surface area contributed by atoms with Gasteiger partial charge in [-0.2, -0.15) is 0 Å². The van der Waals surface area contributed by atoms with Gasteiger partial charge in [0.1, 0.15) is 5.76 Å². The van der Waals surface area contributed by atoms with E-state index in [4.69, 9.17) is 5.11 Å². The number of hydrogen-bond acceptors (Lipinski definition) is 4. The van der Waals surface area contributed by atoms with E-state index in [0.717, 1.165) is 3.79 Å². The third-order valence-electron chi connectivity index (χ3n) is 4.09. The highest BCUT2D eigenvalue weighted by Crippen LogP contribution is 2.44. The second kappa shape index (κ2) is 6.18. The minimum atomic E-state index is -1.12. The first-order chi connectivity index (χ1) is 11.3. The molecule has 1 aliphatic heterocycles. The van der Waals surface area contributed by atoms with Crippen LogP contribution in [0.25, 0.3) is 0 Å². The summed E-state index contributed by atoms with van der Waals surface area (Å²) in [6.07, 6.45) is 1.13. The number of carboxylic acids is 1. The Kier molecular flexibility index (Phi) is 4.35. The summed E-state index contributed by atoms with van der Waals surface area (Å²) in [5.74, 6) is -2.80. The van der Waals surface area contributed by atoms with Gasteiger partial charge in [-0.1, -0.05) is 0 Å². The van der Waals surface area contributed by atoms with Crippen molar-refractivity contribution in [2.75, 3.05) is 0 Å². The summed E-state index contributed by atoms with van der Waals surface area (Å²) in [5.41, 5.74) is 0.748. The summed E-state index contributed by atoms with van der Waals surface area (Å²) in [4.78, 5) is 25.9. The maximum absolute atomic E-state index is 14.4. The summed E-state index contributed by atoms with van der Waals surface area (Å²) in [6.45, 7) is 1.61. The maximum atomic E-state index is 14.4. The van der Waals surface area contributed by atoms with Gasteiger partial charge in [-0.05, 0) is 53.1 Å². The number of allylic oxidation sites excluding steroid dienone is 2. The molecule has 5 nitrogen and oxygen atoms in total. The molecule has 0 saturated heterocycles. The average Bonchev–Trinajstić information content (AvgIpc) is 3.05. The Morgan fingerprint density at radius 3 is 2.75 bits per heavy atom. The fourth-order valence-corrected chi connectivity index (χ4v) is 4.40. The second-order valence-corrected chi connectivity index (χ2v) is 7.94. The van der Waals surface area contributed by atoms with E-state index in [2.05, 4.69) is 15.9 Å². The quantitative estimate of drug-likeness (QED) is 0.779. The number of nitrogens with zero attached hydrogens (tertiary/aromatic N) is 1. The van der Waals surface area contributed by atoms with Crippen LogP contribution in [-0.2, 0) is 4.79 Å². The van der Waals surface area contributed by atoms with Crippen LogP contribution in [0.3, 0.4) is 0 Å². The molecule has 0 radical (unpaired) electrons. The van der Waals surface area contributed by atoms with Crippen molar-refractivity contribution in [1.82, 2.24) is 4.90 Å². The van der Waals surface area contributed by atoms with E-state index in [0.29, 0.717) is 10.6 Å². The molecular formula is C16H13BrFNO4S. The number of fused-ring (bicyclic) bond motifs is 1. The zero-order valence-corrected chi connectivity index (χ0v) is 14.9. The highest BCUT2D eigenvalue weighted by atomic mass is 79.9. The van der Waals surface area contributed by atoms with Crippen LogP contribution in [0, 0.1) is 0 Å². The Labute approximate surface area is 149 Å². The summed E-state index contributed by atoms with van der Waals surface area (Å²) >= 11 is 4.55. The van der Waals surface area contributed by atoms with Crippen LogP contribution >= 0.6 is 27.3 Å². The van der Waals surface area contributed by atoms with E-state index < -0.39 is 30.0 Å². The van der Waals surface area contributed by atoms with Crippen LogP contribution in [0.1, 0.15) is 29.4 Å². The van der Waals surface area contributed by atoms with E-state index in [9.17, 15) is 19.1 Å². The van der Waals surface area contributed by atoms with Crippen molar-refractivity contribution in [1.29, 1.82) is 0 Å². The highest BCUT2D eigenvalue weighted by molar-refractivity contribution is 9.11. The molecule has 0 saturated carbocycles. The predicted molar refractivity (Wildman–Crippen MR) is 90.4 cm³/mol. The number of hydrogen-bond donors (Lipinski definition) is 2. The summed E-state index contributed by atoms with van der Waals surface area (Å²) < 4.78 is 15.2. The van der Waals surface area contributed by atoms with E-state index >= 15 is 0 Å². The zero-order valence-electron chi connectivity index (χ0n) is 12.5. The van der Waals surface area contributed by atoms with Crippen LogP contribution in [-0.4, -0.2) is 33.0 Å². The van der Waals surface area contributed by atoms with Gasteiger partial charge in [0.05, 0.1) is 21.1 Å². The Morgan fingerprint density at radius 2 is 2.17 bits per heavy atom. The zero-order chi connectivity index (χ0) is 17.6. The molecule has 1 aliphatic carbocycles. The lowest BCUT2D eigenvalue weighted by molar-refractivity contribution is -0.136. The smallest absolute Gasteiger partial charge is 0.307 e. The molecule has 2 N–H and O–H groups in total. The van der Waals surface area contributed by atoms with E-state index in [-0.39, 0.29) is 23.5 Å². The number of aliphatic hydroxyl groups is 1. The van der Waals surface area contributed by atoms with Crippen molar-refractivity contribution in [2.45, 2.75) is 25.8 Å². The monoisotopic (exact) mass is 413 g/mol. The van der Waals surface area contributed by atoms with Gasteiger partial charge in [0, 0.05) is 11.3 Å². The molecule has 1 amide bonds. The summed E-state index contributed by atoms with van der Waals surface area (Å²) in [5, 5.41) is 18.8. The number of amides is 1. The molecule has 1 unspecified atom stereocenters. The summed E-state index contributed by atoms with van der Waals surface area (Å²) in [6, 6.07) is 2.77. The second-order valence-electron chi connectivity index (χ2n) is 5.48. The van der Waals surface area contributed by atoms with Gasteiger partial charge in [0.15, 0.2) is 5.83 Å². The van der Waals surface area contributed by atoms with Gasteiger partial charge < -0.3 is 15.1 Å². The molecule has 0 spiro atoms. The third kappa shape index (κ3) is 2.69. The van der Waals surface area contributed by atoms with Gasteiger partial charge >= 0.3 is 5.97 Å². The van der Waals surface area contributed by atoms with E-state index in [1.807, 2.05) is 0 Å². The third-order valence-corrected chi connectivity index (χ3v) is 5.71. The Bertz CT molecular complexity index is 839. The fourth-order valence-electron chi connectivity index (χ4n) is 3.07. The highest BCUT2D eigenvalue weighted by Gasteiger charge is 2.42. The largest absolute Gasteiger partial charge is 0.505 e. The van der Waals surface area contributed by atoms with Crippen molar-refractivity contribution in [2.24, 2.45) is 0 Å². The SMILES string of the molecule is CC1=C(CC(=O)O)C2=C(F)C(O)=CCC2N1C(=O)c1ccc(Br)s1. The van der Waals surface area contributed by atoms with Gasteiger partial charge in [-0.15, -0.1) is 11.3 Å². The molecule has 2 aliphatic rings. The van der Waals surface area contributed by atoms with Crippen molar-refractivity contribution < 1.29 is 24.2 Å². The number of rotatable bonds is 3. The van der Waals surface area contributed by atoms with Crippen LogP contribution in [0.4, 0.5) is 4.39 Å². The number of aliphatic carboxylic acids is 1. The van der Waals surface area contributed by atoms with Crippen molar-refractivity contribution in [3.63, 3.8) is 0 Å². The number of halogens is 2. The average molecular weight is 414 g/mol. The molecule has 2 heterocycles. The first-order valence-corrected chi connectivity index (χ1v) is 8.72. The Hall–Kier alpha value is -1.93. The minimum absolute atomic E-state index is 0.0962. The molecule has 3 rings (SSSR count). The molecule has 8 heteroatoms. The topological polar surface area (TPSA) is 77.8 Å². The first-order valence-electron chi connectivity index (χ1n) is 7.11. The molecule has 0 aromatic carbocycles. The van der Waals surface area contributed by atoms with Crippen LogP contribution in [0.15, 0.2) is 50.4 Å². The van der Waals surface area contributed by atoms with Crippen LogP contribution in [0.2, 0.25) is 0 Å². The minimum Gasteiger partial charge on any atom is -0.505 e. The molecule has 24 heavy (non-hydrogen) atoms. The lowest BCUT2D eigenvalue weighted by Crippen LogP contribution is -2.36. The molecule has 1 aromatic rings. The van der Waals surface area contributed by atoms with Crippen LogP contribution in [0.5, 0.6) is 0 Å². The normalized spacial score (nSPS) is 20.4. The molecule has 0 fully saturated rings. The van der Waals surface area contributed by atoms with Gasteiger partial charge in [-0.3, -0.25) is 9.59 Å². The summed E-state index contributed by atoms with van der Waals surface area (Å²) in [7, 11) is 0. The Balaban J connectivity index is 2.09. The number of aliphatic hydroxyl groups excluding tert-OH is 1. The number of carboxylic acid groups (broad SMARTS) is 1. The Morgan fingerprint density at radius 1 is 1.46 bits per heavy atom. The number of carbonyl (C=O) groups is 2. The lowest BCUT2D eigenvalue weighted by Gasteiger charge is -2.28. The van der Waals surface area contributed by atoms with E-state index in [1.54, 1.807) is 19.1 Å². The van der Waals surface area contributed by atoms with Gasteiger partial charge in [0.25, 0.3) is 5.91 Å². The molecular weight excluding hydrogens is 401 g/mol. The van der Waals surface area contributed by atoms with Crippen LogP contribution < -0.4 is 0 Å². The van der Waals surface area contributed by atoms with Crippen molar-refractivity contribution in [3.05, 3.63) is 55.3 Å². The fraction of sp³-hybridized carbons (Fsp3) is 0.250. The van der Waals surface area contributed by atoms with E-state index in [1.165, 1.54) is 22.3 Å². The number of thiophene rings is 1. The predicted octanol–water partition coefficient (Wildman–Crippen LogP) is 4.15. The standard InChI is InChI=1S/C16H13BrFNO4S/c1-7-8(6-13(21)22)14-9(2-3-10(20)15(14)18)19(7)16(23)11-4-5-12(17)24-11/h3-5,9,20H,2,6H2,1H3,(H,21,22). The first kappa shape index (κ1) is 16.9. The molecule has 126 valence electrons. The van der Waals surface area contributed by atoms with Crippen molar-refractivity contribution in [3.8, 4) is 0 Å². The number of carbonyl (C=O) groups excluding carboxylic acids is 1. The molecule has 1 aromatic heterocycles.